The highest BCUT2D eigenvalue weighted by Crippen LogP contribution is 2.32. The Morgan fingerprint density at radius 2 is 2.14 bits per heavy atom. The lowest BCUT2D eigenvalue weighted by molar-refractivity contribution is -0.138. The van der Waals surface area contributed by atoms with Crippen LogP contribution in [0, 0.1) is 19.8 Å². The third kappa shape index (κ3) is 3.57. The van der Waals surface area contributed by atoms with Gasteiger partial charge in [0.2, 0.25) is 0 Å². The minimum absolute atomic E-state index is 0.0511. The Hall–Kier alpha value is -2.93. The van der Waals surface area contributed by atoms with Gasteiger partial charge in [-0.05, 0) is 25.0 Å². The van der Waals surface area contributed by atoms with E-state index in [-0.39, 0.29) is 13.0 Å². The number of fused-ring (bicyclic) bond motifs is 1. The summed E-state index contributed by atoms with van der Waals surface area (Å²) in [6.45, 7) is 6.79. The molecule has 1 saturated heterocycles. The van der Waals surface area contributed by atoms with E-state index < -0.39 is 5.97 Å². The number of aliphatic carboxylic acids is 1. The fourth-order valence-electron chi connectivity index (χ4n) is 3.55. The van der Waals surface area contributed by atoms with Crippen LogP contribution >= 0.6 is 0 Å². The summed E-state index contributed by atoms with van der Waals surface area (Å²) in [7, 11) is 0. The number of hydrogen-bond donors (Lipinski definition) is 1. The van der Waals surface area contributed by atoms with E-state index in [9.17, 15) is 4.79 Å². The molecule has 1 aliphatic rings. The van der Waals surface area contributed by atoms with Gasteiger partial charge in [-0.25, -0.2) is 9.97 Å². The van der Waals surface area contributed by atoms with Crippen LogP contribution < -0.4 is 4.90 Å². The van der Waals surface area contributed by atoms with E-state index >= 15 is 0 Å². The van der Waals surface area contributed by atoms with Gasteiger partial charge in [0.05, 0.1) is 37.2 Å². The maximum Gasteiger partial charge on any atom is 0.305 e. The highest BCUT2D eigenvalue weighted by atomic mass is 16.5. The second-order valence-electron chi connectivity index (χ2n) is 7.36. The van der Waals surface area contributed by atoms with Crippen LogP contribution in [0.1, 0.15) is 17.5 Å². The number of imidazole rings is 1. The van der Waals surface area contributed by atoms with E-state index in [4.69, 9.17) is 14.8 Å². The molecule has 3 heterocycles. The Balaban J connectivity index is 1.55. The second-order valence-corrected chi connectivity index (χ2v) is 7.36. The van der Waals surface area contributed by atoms with Crippen LogP contribution in [0.5, 0.6) is 0 Å². The van der Waals surface area contributed by atoms with Crippen molar-refractivity contribution in [3.8, 4) is 5.69 Å². The summed E-state index contributed by atoms with van der Waals surface area (Å²) >= 11 is 0. The second kappa shape index (κ2) is 7.59. The van der Waals surface area contributed by atoms with Crippen molar-refractivity contribution in [2.24, 2.45) is 5.92 Å². The third-order valence-electron chi connectivity index (χ3n) is 5.35. The monoisotopic (exact) mass is 380 g/mol. The van der Waals surface area contributed by atoms with Crippen molar-refractivity contribution in [2.45, 2.75) is 20.3 Å². The lowest BCUT2D eigenvalue weighted by Gasteiger charge is -2.40. The summed E-state index contributed by atoms with van der Waals surface area (Å²) < 4.78 is 7.50. The summed E-state index contributed by atoms with van der Waals surface area (Å²) in [6, 6.07) is 6.37. The van der Waals surface area contributed by atoms with Gasteiger partial charge in [-0.2, -0.15) is 0 Å². The number of anilines is 1. The van der Waals surface area contributed by atoms with Gasteiger partial charge in [0.25, 0.3) is 0 Å². The van der Waals surface area contributed by atoms with Gasteiger partial charge in [0.1, 0.15) is 5.82 Å². The fraction of sp³-hybridized carbons (Fsp3) is 0.381. The first-order valence-corrected chi connectivity index (χ1v) is 9.46. The first kappa shape index (κ1) is 18.4. The van der Waals surface area contributed by atoms with Crippen LogP contribution in [-0.2, 0) is 9.53 Å². The topological polar surface area (TPSA) is 80.5 Å². The highest BCUT2D eigenvalue weighted by Gasteiger charge is 2.29. The summed E-state index contributed by atoms with van der Waals surface area (Å²) in [5.74, 6) is 0.529. The van der Waals surface area contributed by atoms with Crippen molar-refractivity contribution in [1.29, 1.82) is 0 Å². The summed E-state index contributed by atoms with van der Waals surface area (Å²) in [6.07, 6.45) is 5.59. The van der Waals surface area contributed by atoms with Gasteiger partial charge in [-0.15, -0.1) is 0 Å². The maximum atomic E-state index is 10.5. The molecule has 1 N–H and O–H groups in total. The quantitative estimate of drug-likeness (QED) is 0.635. The number of aryl methyl sites for hydroxylation is 2. The molecule has 0 radical (unpaired) electrons. The Labute approximate surface area is 163 Å². The number of rotatable bonds is 7. The van der Waals surface area contributed by atoms with Crippen LogP contribution in [0.15, 0.2) is 36.9 Å². The van der Waals surface area contributed by atoms with Crippen LogP contribution in [0.2, 0.25) is 0 Å². The predicted molar refractivity (Wildman–Crippen MR) is 107 cm³/mol. The van der Waals surface area contributed by atoms with Gasteiger partial charge in [0.15, 0.2) is 0 Å². The SMILES string of the molecule is Cc1ccc2c(-n3ccnc3)cc(N3CC(COCCC(=O)O)C3)nc2c1C. The molecule has 1 aliphatic heterocycles. The molecule has 4 rings (SSSR count). The number of ether oxygens (including phenoxy) is 1. The molecule has 2 aromatic heterocycles. The minimum Gasteiger partial charge on any atom is -0.481 e. The molecule has 146 valence electrons. The zero-order valence-electron chi connectivity index (χ0n) is 16.1. The number of nitrogens with zero attached hydrogens (tertiary/aromatic N) is 4. The summed E-state index contributed by atoms with van der Waals surface area (Å²) in [5.41, 5.74) is 4.50. The van der Waals surface area contributed by atoms with Crippen molar-refractivity contribution < 1.29 is 14.6 Å². The van der Waals surface area contributed by atoms with Gasteiger partial charge >= 0.3 is 5.97 Å². The number of benzene rings is 1. The third-order valence-corrected chi connectivity index (χ3v) is 5.35. The van der Waals surface area contributed by atoms with Crippen molar-refractivity contribution in [1.82, 2.24) is 14.5 Å². The van der Waals surface area contributed by atoms with Gasteiger partial charge in [-0.3, -0.25) is 4.79 Å². The first-order valence-electron chi connectivity index (χ1n) is 9.46. The minimum atomic E-state index is -0.826. The van der Waals surface area contributed by atoms with E-state index in [1.807, 2.05) is 17.1 Å². The molecule has 1 aromatic carbocycles. The molecule has 0 unspecified atom stereocenters. The molecule has 0 atom stereocenters. The molecule has 0 saturated carbocycles. The average molecular weight is 380 g/mol. The molecular formula is C21H24N4O3. The fourth-order valence-corrected chi connectivity index (χ4v) is 3.55. The molecule has 0 aliphatic carbocycles. The lowest BCUT2D eigenvalue weighted by Crippen LogP contribution is -2.49. The molecule has 7 nitrogen and oxygen atoms in total. The maximum absolute atomic E-state index is 10.5. The smallest absolute Gasteiger partial charge is 0.305 e. The van der Waals surface area contributed by atoms with E-state index in [2.05, 4.69) is 41.9 Å². The molecule has 0 amide bonds. The zero-order valence-corrected chi connectivity index (χ0v) is 16.1. The van der Waals surface area contributed by atoms with Crippen molar-refractivity contribution in [3.05, 3.63) is 48.0 Å². The Morgan fingerprint density at radius 1 is 1.32 bits per heavy atom. The van der Waals surface area contributed by atoms with Crippen LogP contribution in [0.4, 0.5) is 5.82 Å². The van der Waals surface area contributed by atoms with Gasteiger partial charge in [0, 0.05) is 42.9 Å². The Bertz CT molecular complexity index is 995. The van der Waals surface area contributed by atoms with Crippen molar-refractivity contribution in [3.63, 3.8) is 0 Å². The molecule has 0 bridgehead atoms. The standard InChI is InChI=1S/C21H24N4O3/c1-14-3-4-17-18(24-7-6-22-13-24)9-19(23-21(17)15(14)2)25-10-16(11-25)12-28-8-5-20(26)27/h3-4,6-7,9,13,16H,5,8,10-12H2,1-2H3,(H,26,27). The van der Waals surface area contributed by atoms with E-state index in [1.165, 1.54) is 11.1 Å². The molecular weight excluding hydrogens is 356 g/mol. The summed E-state index contributed by atoms with van der Waals surface area (Å²) in [4.78, 5) is 21.9. The van der Waals surface area contributed by atoms with E-state index in [0.717, 1.165) is 35.5 Å². The largest absolute Gasteiger partial charge is 0.481 e. The molecule has 1 fully saturated rings. The molecule has 7 heteroatoms. The number of carboxylic acids is 1. The lowest BCUT2D eigenvalue weighted by atomic mass is 10.00. The number of pyridine rings is 1. The summed E-state index contributed by atoms with van der Waals surface area (Å²) in [5, 5.41) is 9.78. The first-order chi connectivity index (χ1) is 13.5. The van der Waals surface area contributed by atoms with E-state index in [1.54, 1.807) is 6.20 Å². The van der Waals surface area contributed by atoms with Crippen LogP contribution in [0.25, 0.3) is 16.6 Å². The highest BCUT2D eigenvalue weighted by molar-refractivity contribution is 5.92. The Kier molecular flexibility index (Phi) is 5.00. The number of carboxylic acid groups (broad SMARTS) is 1. The van der Waals surface area contributed by atoms with Gasteiger partial charge in [-0.1, -0.05) is 12.1 Å². The number of carbonyl (C=O) groups is 1. The predicted octanol–water partition coefficient (Wildman–Crippen LogP) is 2.96. The average Bonchev–Trinajstić information content (AvgIpc) is 3.17. The molecule has 0 spiro atoms. The van der Waals surface area contributed by atoms with Crippen LogP contribution in [0.3, 0.4) is 0 Å². The normalized spacial score (nSPS) is 14.4. The van der Waals surface area contributed by atoms with Crippen molar-refractivity contribution >= 4 is 22.7 Å². The van der Waals surface area contributed by atoms with E-state index in [0.29, 0.717) is 12.5 Å². The van der Waals surface area contributed by atoms with Crippen molar-refractivity contribution in [2.75, 3.05) is 31.2 Å². The number of hydrogen-bond acceptors (Lipinski definition) is 5. The molecule has 28 heavy (non-hydrogen) atoms. The number of aromatic nitrogens is 3. The zero-order chi connectivity index (χ0) is 19.7. The van der Waals surface area contributed by atoms with Crippen LogP contribution in [-0.4, -0.2) is 51.9 Å². The van der Waals surface area contributed by atoms with Gasteiger partial charge < -0.3 is 19.3 Å². The Morgan fingerprint density at radius 3 is 2.86 bits per heavy atom. The molecule has 3 aromatic rings.